The normalized spacial score (nSPS) is 22.8. The number of esters is 1. The zero-order valence-electron chi connectivity index (χ0n) is 13.1. The Balaban J connectivity index is 2.06. The number of halogens is 1. The summed E-state index contributed by atoms with van der Waals surface area (Å²) in [7, 11) is 5.69. The zero-order chi connectivity index (χ0) is 15.6. The van der Waals surface area contributed by atoms with Crippen molar-refractivity contribution in [3.63, 3.8) is 0 Å². The van der Waals surface area contributed by atoms with E-state index in [0.717, 1.165) is 24.1 Å². The Morgan fingerprint density at radius 2 is 2.14 bits per heavy atom. The maximum absolute atomic E-state index is 11.5. The van der Waals surface area contributed by atoms with Gasteiger partial charge in [-0.15, -0.1) is 0 Å². The molecule has 1 heterocycles. The monoisotopic (exact) mass is 354 g/mol. The molecule has 5 heteroatoms. The van der Waals surface area contributed by atoms with Crippen LogP contribution in [-0.2, 0) is 11.3 Å². The van der Waals surface area contributed by atoms with E-state index in [1.165, 1.54) is 12.7 Å². The molecule has 1 aliphatic heterocycles. The number of likely N-dealkylation sites (tertiary alicyclic amines) is 1. The number of hydrogen-bond acceptors (Lipinski definition) is 4. The summed E-state index contributed by atoms with van der Waals surface area (Å²) in [5.41, 5.74) is 1.78. The highest BCUT2D eigenvalue weighted by molar-refractivity contribution is 9.10. The molecule has 0 radical (unpaired) electrons. The number of rotatable bonds is 4. The van der Waals surface area contributed by atoms with Crippen LogP contribution in [0.1, 0.15) is 22.8 Å². The summed E-state index contributed by atoms with van der Waals surface area (Å²) < 4.78 is 5.71. The molecule has 0 saturated carbocycles. The first-order valence-corrected chi connectivity index (χ1v) is 7.97. The van der Waals surface area contributed by atoms with Crippen molar-refractivity contribution in [3.8, 4) is 0 Å². The molecule has 21 heavy (non-hydrogen) atoms. The van der Waals surface area contributed by atoms with Crippen molar-refractivity contribution >= 4 is 21.9 Å². The summed E-state index contributed by atoms with van der Waals surface area (Å²) in [6.45, 7) is 5.39. The van der Waals surface area contributed by atoms with Crippen LogP contribution in [-0.4, -0.2) is 56.1 Å². The third kappa shape index (κ3) is 3.84. The molecule has 116 valence electrons. The number of hydrogen-bond donors (Lipinski definition) is 0. The van der Waals surface area contributed by atoms with Crippen LogP contribution >= 0.6 is 15.9 Å². The molecule has 2 unspecified atom stereocenters. The van der Waals surface area contributed by atoms with Gasteiger partial charge in [-0.1, -0.05) is 28.9 Å². The summed E-state index contributed by atoms with van der Waals surface area (Å²) in [6, 6.07) is 6.28. The van der Waals surface area contributed by atoms with Crippen LogP contribution in [0.4, 0.5) is 0 Å². The smallest absolute Gasteiger partial charge is 0.337 e. The molecule has 1 saturated heterocycles. The minimum absolute atomic E-state index is 0.301. The molecule has 0 N–H and O–H groups in total. The van der Waals surface area contributed by atoms with Gasteiger partial charge in [-0.05, 0) is 37.7 Å². The van der Waals surface area contributed by atoms with E-state index in [2.05, 4.69) is 46.7 Å². The molecule has 1 aromatic rings. The van der Waals surface area contributed by atoms with E-state index in [4.69, 9.17) is 4.74 Å². The predicted molar refractivity (Wildman–Crippen MR) is 87.4 cm³/mol. The highest BCUT2D eigenvalue weighted by Gasteiger charge is 2.30. The van der Waals surface area contributed by atoms with Gasteiger partial charge in [-0.3, -0.25) is 4.90 Å². The number of methoxy groups -OCH3 is 1. The predicted octanol–water partition coefficient (Wildman–Crippen LogP) is 2.62. The molecule has 0 spiro atoms. The van der Waals surface area contributed by atoms with Crippen LogP contribution in [0.2, 0.25) is 0 Å². The number of ether oxygens (including phenoxy) is 1. The van der Waals surface area contributed by atoms with Gasteiger partial charge in [0.1, 0.15) is 0 Å². The van der Waals surface area contributed by atoms with Gasteiger partial charge in [0, 0.05) is 30.1 Å². The molecule has 0 amide bonds. The Hall–Kier alpha value is -0.910. The van der Waals surface area contributed by atoms with E-state index in [1.54, 1.807) is 0 Å². The van der Waals surface area contributed by atoms with Gasteiger partial charge >= 0.3 is 5.97 Å². The summed E-state index contributed by atoms with van der Waals surface area (Å²) in [4.78, 5) is 16.3. The molecule has 0 aliphatic carbocycles. The van der Waals surface area contributed by atoms with Crippen LogP contribution in [0.25, 0.3) is 0 Å². The largest absolute Gasteiger partial charge is 0.465 e. The van der Waals surface area contributed by atoms with Gasteiger partial charge < -0.3 is 9.64 Å². The molecule has 2 rings (SSSR count). The van der Waals surface area contributed by atoms with Crippen LogP contribution in [0.3, 0.4) is 0 Å². The fourth-order valence-corrected chi connectivity index (χ4v) is 3.51. The topological polar surface area (TPSA) is 32.8 Å². The summed E-state index contributed by atoms with van der Waals surface area (Å²) in [5, 5.41) is 0. The van der Waals surface area contributed by atoms with Crippen molar-refractivity contribution in [1.29, 1.82) is 0 Å². The second-order valence-corrected chi connectivity index (χ2v) is 6.85. The Morgan fingerprint density at radius 3 is 2.67 bits per heavy atom. The van der Waals surface area contributed by atoms with E-state index in [1.807, 2.05) is 18.2 Å². The second-order valence-electron chi connectivity index (χ2n) is 6.00. The van der Waals surface area contributed by atoms with Crippen LogP contribution < -0.4 is 0 Å². The fourth-order valence-electron chi connectivity index (χ4n) is 3.01. The molecule has 1 fully saturated rings. The minimum Gasteiger partial charge on any atom is -0.465 e. The van der Waals surface area contributed by atoms with Crippen LogP contribution in [0, 0.1) is 5.92 Å². The average Bonchev–Trinajstić information content (AvgIpc) is 2.81. The summed E-state index contributed by atoms with van der Waals surface area (Å²) in [5.74, 6) is 0.373. The van der Waals surface area contributed by atoms with Crippen molar-refractivity contribution in [2.75, 3.05) is 34.3 Å². The van der Waals surface area contributed by atoms with E-state index in [-0.39, 0.29) is 5.97 Å². The van der Waals surface area contributed by atoms with Gasteiger partial charge in [0.05, 0.1) is 12.7 Å². The number of benzene rings is 1. The third-order valence-electron chi connectivity index (χ3n) is 4.18. The molecule has 0 aromatic heterocycles. The Labute approximate surface area is 135 Å². The fraction of sp³-hybridized carbons (Fsp3) is 0.562. The van der Waals surface area contributed by atoms with Crippen molar-refractivity contribution in [2.24, 2.45) is 5.92 Å². The Bertz CT molecular complexity index is 519. The third-order valence-corrected chi connectivity index (χ3v) is 4.92. The number of carbonyl (C=O) groups excluding carboxylic acids is 1. The number of carbonyl (C=O) groups is 1. The van der Waals surface area contributed by atoms with E-state index in [9.17, 15) is 4.79 Å². The average molecular weight is 355 g/mol. The van der Waals surface area contributed by atoms with E-state index in [0.29, 0.717) is 17.5 Å². The highest BCUT2D eigenvalue weighted by Crippen LogP contribution is 2.25. The first kappa shape index (κ1) is 16.5. The van der Waals surface area contributed by atoms with Crippen LogP contribution in [0.5, 0.6) is 0 Å². The molecule has 1 aliphatic rings. The van der Waals surface area contributed by atoms with E-state index < -0.39 is 0 Å². The van der Waals surface area contributed by atoms with Crippen molar-refractivity contribution in [3.05, 3.63) is 33.8 Å². The lowest BCUT2D eigenvalue weighted by molar-refractivity contribution is 0.0600. The van der Waals surface area contributed by atoms with Crippen molar-refractivity contribution in [1.82, 2.24) is 9.80 Å². The lowest BCUT2D eigenvalue weighted by Crippen LogP contribution is -2.34. The molecular weight excluding hydrogens is 332 g/mol. The Morgan fingerprint density at radius 1 is 1.43 bits per heavy atom. The van der Waals surface area contributed by atoms with Gasteiger partial charge in [0.2, 0.25) is 0 Å². The lowest BCUT2D eigenvalue weighted by Gasteiger charge is -2.22. The van der Waals surface area contributed by atoms with E-state index >= 15 is 0 Å². The maximum Gasteiger partial charge on any atom is 0.337 e. The van der Waals surface area contributed by atoms with Gasteiger partial charge in [0.25, 0.3) is 0 Å². The maximum atomic E-state index is 11.5. The molecule has 4 nitrogen and oxygen atoms in total. The van der Waals surface area contributed by atoms with Gasteiger partial charge in [0.15, 0.2) is 0 Å². The van der Waals surface area contributed by atoms with Crippen molar-refractivity contribution in [2.45, 2.75) is 19.5 Å². The zero-order valence-corrected chi connectivity index (χ0v) is 14.7. The summed E-state index contributed by atoms with van der Waals surface area (Å²) >= 11 is 3.57. The van der Waals surface area contributed by atoms with Gasteiger partial charge in [-0.2, -0.15) is 0 Å². The SMILES string of the molecule is COC(=O)c1ccc(CN2CC(C)C(N(C)C)C2)c(Br)c1. The summed E-state index contributed by atoms with van der Waals surface area (Å²) in [6.07, 6.45) is 0. The molecule has 2 atom stereocenters. The molecule has 1 aromatic carbocycles. The number of likely N-dealkylation sites (N-methyl/N-ethyl adjacent to an activating group) is 1. The molecule has 0 bridgehead atoms. The quantitative estimate of drug-likeness (QED) is 0.778. The van der Waals surface area contributed by atoms with Crippen LogP contribution in [0.15, 0.2) is 22.7 Å². The molecular formula is C16H23BrN2O2. The second kappa shape index (κ2) is 6.90. The van der Waals surface area contributed by atoms with Gasteiger partial charge in [-0.25, -0.2) is 4.79 Å². The Kier molecular flexibility index (Phi) is 5.41. The standard InChI is InChI=1S/C16H23BrN2O2/c1-11-8-19(10-15(11)18(2)3)9-13-6-5-12(7-14(13)17)16(20)21-4/h5-7,11,15H,8-10H2,1-4H3. The first-order valence-electron chi connectivity index (χ1n) is 7.18. The van der Waals surface area contributed by atoms with Crippen molar-refractivity contribution < 1.29 is 9.53 Å². The first-order chi connectivity index (χ1) is 9.92. The minimum atomic E-state index is -0.301. The highest BCUT2D eigenvalue weighted by atomic mass is 79.9. The number of nitrogens with zero attached hydrogens (tertiary/aromatic N) is 2. The lowest BCUT2D eigenvalue weighted by atomic mass is 10.1.